The standard InChI is InChI=1S/C21H29N3O3S/c1-6-27-21(26)19-17(15-7-8-15)11-28-20(19)22-18(25)9-16-13(4)23-24(14(16)5)10-12(2)3/h11-12,15H,6-10H2,1-5H3,(H,22,25). The number of esters is 1. The second-order valence-electron chi connectivity index (χ2n) is 7.84. The van der Waals surface area contributed by atoms with Crippen molar-refractivity contribution in [3.63, 3.8) is 0 Å². The van der Waals surface area contributed by atoms with Crippen LogP contribution in [0.5, 0.6) is 0 Å². The van der Waals surface area contributed by atoms with Gasteiger partial charge in [-0.25, -0.2) is 4.79 Å². The number of rotatable bonds is 8. The number of carbonyl (C=O) groups excluding carboxylic acids is 2. The van der Waals surface area contributed by atoms with Crippen LogP contribution in [0.1, 0.15) is 72.4 Å². The summed E-state index contributed by atoms with van der Waals surface area (Å²) in [4.78, 5) is 25.2. The molecule has 0 radical (unpaired) electrons. The number of nitrogens with zero attached hydrogens (tertiary/aromatic N) is 2. The van der Waals surface area contributed by atoms with Gasteiger partial charge in [-0.05, 0) is 56.4 Å². The van der Waals surface area contributed by atoms with E-state index in [1.807, 2.05) is 23.9 Å². The summed E-state index contributed by atoms with van der Waals surface area (Å²) in [6, 6.07) is 0. The fourth-order valence-electron chi connectivity index (χ4n) is 3.42. The van der Waals surface area contributed by atoms with Gasteiger partial charge in [-0.3, -0.25) is 9.48 Å². The van der Waals surface area contributed by atoms with Crippen molar-refractivity contribution in [3.8, 4) is 0 Å². The molecule has 1 amide bonds. The predicted molar refractivity (Wildman–Crippen MR) is 111 cm³/mol. The molecule has 152 valence electrons. The lowest BCUT2D eigenvalue weighted by molar-refractivity contribution is -0.115. The van der Waals surface area contributed by atoms with E-state index in [1.54, 1.807) is 6.92 Å². The van der Waals surface area contributed by atoms with Crippen molar-refractivity contribution in [2.24, 2.45) is 5.92 Å². The Kier molecular flexibility index (Phi) is 6.23. The maximum absolute atomic E-state index is 12.8. The number of aryl methyl sites for hydroxylation is 1. The Bertz CT molecular complexity index is 878. The van der Waals surface area contributed by atoms with Gasteiger partial charge in [0.15, 0.2) is 0 Å². The van der Waals surface area contributed by atoms with Crippen molar-refractivity contribution in [1.82, 2.24) is 9.78 Å². The lowest BCUT2D eigenvalue weighted by atomic mass is 10.1. The smallest absolute Gasteiger partial charge is 0.341 e. The van der Waals surface area contributed by atoms with Gasteiger partial charge < -0.3 is 10.1 Å². The zero-order valence-electron chi connectivity index (χ0n) is 17.3. The molecule has 2 aromatic heterocycles. The highest BCUT2D eigenvalue weighted by molar-refractivity contribution is 7.15. The molecule has 0 saturated heterocycles. The van der Waals surface area contributed by atoms with Gasteiger partial charge in [0.25, 0.3) is 0 Å². The maximum Gasteiger partial charge on any atom is 0.341 e. The van der Waals surface area contributed by atoms with E-state index in [0.29, 0.717) is 29.0 Å². The minimum absolute atomic E-state index is 0.134. The number of hydrogen-bond acceptors (Lipinski definition) is 5. The second-order valence-corrected chi connectivity index (χ2v) is 8.72. The number of ether oxygens (including phenoxy) is 1. The lowest BCUT2D eigenvalue weighted by Gasteiger charge is -2.09. The molecule has 1 saturated carbocycles. The normalized spacial score (nSPS) is 13.8. The molecule has 3 rings (SSSR count). The minimum Gasteiger partial charge on any atom is -0.462 e. The van der Waals surface area contributed by atoms with E-state index >= 15 is 0 Å². The van der Waals surface area contributed by atoms with Crippen molar-refractivity contribution in [2.75, 3.05) is 11.9 Å². The second kappa shape index (κ2) is 8.47. The average Bonchev–Trinajstić information content (AvgIpc) is 3.33. The summed E-state index contributed by atoms with van der Waals surface area (Å²) in [7, 11) is 0. The van der Waals surface area contributed by atoms with Gasteiger partial charge in [0.1, 0.15) is 5.00 Å². The van der Waals surface area contributed by atoms with Crippen LogP contribution in [0.25, 0.3) is 0 Å². The molecule has 7 heteroatoms. The first-order valence-electron chi connectivity index (χ1n) is 9.93. The van der Waals surface area contributed by atoms with Crippen LogP contribution in [0.4, 0.5) is 5.00 Å². The van der Waals surface area contributed by atoms with Crippen molar-refractivity contribution in [3.05, 3.63) is 33.5 Å². The van der Waals surface area contributed by atoms with E-state index in [1.165, 1.54) is 11.3 Å². The van der Waals surface area contributed by atoms with E-state index in [4.69, 9.17) is 4.74 Å². The summed E-state index contributed by atoms with van der Waals surface area (Å²) in [5, 5.41) is 10.1. The molecule has 0 aliphatic heterocycles. The van der Waals surface area contributed by atoms with E-state index in [0.717, 1.165) is 41.9 Å². The Morgan fingerprint density at radius 3 is 2.68 bits per heavy atom. The molecule has 1 aliphatic carbocycles. The average molecular weight is 404 g/mol. The molecule has 2 heterocycles. The summed E-state index contributed by atoms with van der Waals surface area (Å²) in [5.41, 5.74) is 4.40. The van der Waals surface area contributed by atoms with Crippen LogP contribution in [0, 0.1) is 19.8 Å². The summed E-state index contributed by atoms with van der Waals surface area (Å²) in [6.07, 6.45) is 2.42. The van der Waals surface area contributed by atoms with Gasteiger partial charge in [0.2, 0.25) is 5.91 Å². The number of aromatic nitrogens is 2. The van der Waals surface area contributed by atoms with Gasteiger partial charge in [-0.15, -0.1) is 11.3 Å². The molecule has 0 atom stereocenters. The minimum atomic E-state index is -0.349. The number of thiophene rings is 1. The molecule has 0 aromatic carbocycles. The molecule has 0 unspecified atom stereocenters. The Hall–Kier alpha value is -2.15. The summed E-state index contributed by atoms with van der Waals surface area (Å²) in [6.45, 7) is 11.2. The third kappa shape index (κ3) is 4.46. The molecule has 6 nitrogen and oxygen atoms in total. The zero-order chi connectivity index (χ0) is 20.4. The topological polar surface area (TPSA) is 73.2 Å². The van der Waals surface area contributed by atoms with Gasteiger partial charge in [-0.2, -0.15) is 5.10 Å². The number of hydrogen-bond donors (Lipinski definition) is 1. The third-order valence-corrected chi connectivity index (χ3v) is 5.89. The highest BCUT2D eigenvalue weighted by Gasteiger charge is 2.32. The quantitative estimate of drug-likeness (QED) is 0.661. The van der Waals surface area contributed by atoms with Crippen LogP contribution in [-0.2, 0) is 22.5 Å². The highest BCUT2D eigenvalue weighted by Crippen LogP contribution is 2.46. The molecular weight excluding hydrogens is 374 g/mol. The van der Waals surface area contributed by atoms with Crippen LogP contribution in [0.15, 0.2) is 5.38 Å². The molecule has 1 fully saturated rings. The number of amides is 1. The molecule has 2 aromatic rings. The van der Waals surface area contributed by atoms with Crippen LogP contribution in [0.2, 0.25) is 0 Å². The maximum atomic E-state index is 12.8. The molecule has 0 bridgehead atoms. The van der Waals surface area contributed by atoms with Crippen molar-refractivity contribution >= 4 is 28.2 Å². The molecule has 28 heavy (non-hydrogen) atoms. The van der Waals surface area contributed by atoms with Crippen LogP contribution >= 0.6 is 11.3 Å². The zero-order valence-corrected chi connectivity index (χ0v) is 18.1. The summed E-state index contributed by atoms with van der Waals surface area (Å²) >= 11 is 1.41. The fourth-order valence-corrected chi connectivity index (χ4v) is 4.46. The number of nitrogens with one attached hydrogen (secondary N) is 1. The first kappa shape index (κ1) is 20.6. The Labute approximate surface area is 170 Å². The van der Waals surface area contributed by atoms with Gasteiger partial charge in [-0.1, -0.05) is 13.8 Å². The molecule has 1 N–H and O–H groups in total. The lowest BCUT2D eigenvalue weighted by Crippen LogP contribution is -2.17. The Balaban J connectivity index is 1.77. The summed E-state index contributed by atoms with van der Waals surface area (Å²) < 4.78 is 7.20. The van der Waals surface area contributed by atoms with E-state index in [-0.39, 0.29) is 18.3 Å². The fraction of sp³-hybridized carbons (Fsp3) is 0.571. The Morgan fingerprint density at radius 1 is 1.36 bits per heavy atom. The van der Waals surface area contributed by atoms with Gasteiger partial charge in [0, 0.05) is 17.8 Å². The SMILES string of the molecule is CCOC(=O)c1c(C2CC2)csc1NC(=O)Cc1c(C)nn(CC(C)C)c1C. The largest absolute Gasteiger partial charge is 0.462 e. The van der Waals surface area contributed by atoms with Crippen LogP contribution in [-0.4, -0.2) is 28.3 Å². The van der Waals surface area contributed by atoms with Crippen LogP contribution < -0.4 is 5.32 Å². The molecule has 1 aliphatic rings. The highest BCUT2D eigenvalue weighted by atomic mass is 32.1. The van der Waals surface area contributed by atoms with Crippen LogP contribution in [0.3, 0.4) is 0 Å². The number of anilines is 1. The Morgan fingerprint density at radius 2 is 2.07 bits per heavy atom. The van der Waals surface area contributed by atoms with E-state index in [9.17, 15) is 9.59 Å². The first-order chi connectivity index (χ1) is 13.3. The molecular formula is C21H29N3O3S. The van der Waals surface area contributed by atoms with Crippen molar-refractivity contribution in [2.45, 2.75) is 66.3 Å². The first-order valence-corrected chi connectivity index (χ1v) is 10.8. The summed E-state index contributed by atoms with van der Waals surface area (Å²) in [5.74, 6) is 0.418. The number of carbonyl (C=O) groups is 2. The van der Waals surface area contributed by atoms with E-state index < -0.39 is 0 Å². The van der Waals surface area contributed by atoms with Gasteiger partial charge in [0.05, 0.1) is 24.3 Å². The van der Waals surface area contributed by atoms with Gasteiger partial charge >= 0.3 is 5.97 Å². The van der Waals surface area contributed by atoms with E-state index in [2.05, 4.69) is 24.3 Å². The predicted octanol–water partition coefficient (Wildman–Crippen LogP) is 4.45. The van der Waals surface area contributed by atoms with Crippen molar-refractivity contribution in [1.29, 1.82) is 0 Å². The van der Waals surface area contributed by atoms with Crippen molar-refractivity contribution < 1.29 is 14.3 Å². The monoisotopic (exact) mass is 403 g/mol. The third-order valence-electron chi connectivity index (χ3n) is 4.98. The molecule has 0 spiro atoms.